The SMILES string of the molecule is CCCNC(=S)CCl. The van der Waals surface area contributed by atoms with E-state index in [2.05, 4.69) is 12.2 Å². The van der Waals surface area contributed by atoms with Gasteiger partial charge < -0.3 is 5.32 Å². The van der Waals surface area contributed by atoms with Gasteiger partial charge >= 0.3 is 0 Å². The monoisotopic (exact) mass is 151 g/mol. The summed E-state index contributed by atoms with van der Waals surface area (Å²) in [6.07, 6.45) is 1.09. The Balaban J connectivity index is 2.99. The molecule has 0 radical (unpaired) electrons. The molecule has 0 spiro atoms. The molecule has 0 saturated carbocycles. The highest BCUT2D eigenvalue weighted by atomic mass is 35.5. The minimum Gasteiger partial charge on any atom is -0.379 e. The molecular formula is C5H10ClNS. The van der Waals surface area contributed by atoms with Gasteiger partial charge in [-0.2, -0.15) is 0 Å². The van der Waals surface area contributed by atoms with E-state index in [4.69, 9.17) is 23.8 Å². The molecule has 0 fully saturated rings. The largest absolute Gasteiger partial charge is 0.379 e. The molecule has 8 heavy (non-hydrogen) atoms. The van der Waals surface area contributed by atoms with E-state index in [9.17, 15) is 0 Å². The molecule has 0 rings (SSSR count). The van der Waals surface area contributed by atoms with E-state index in [0.29, 0.717) is 5.88 Å². The molecule has 48 valence electrons. The topological polar surface area (TPSA) is 12.0 Å². The third-order valence-electron chi connectivity index (χ3n) is 0.694. The molecule has 0 aromatic heterocycles. The quantitative estimate of drug-likeness (QED) is 0.485. The van der Waals surface area contributed by atoms with Gasteiger partial charge in [0.05, 0.1) is 10.9 Å². The smallest absolute Gasteiger partial charge is 0.0903 e. The highest BCUT2D eigenvalue weighted by molar-refractivity contribution is 7.80. The van der Waals surface area contributed by atoms with Gasteiger partial charge in [0.1, 0.15) is 0 Å². The molecule has 0 aliphatic heterocycles. The highest BCUT2D eigenvalue weighted by Crippen LogP contribution is 1.78. The van der Waals surface area contributed by atoms with Gasteiger partial charge in [-0.3, -0.25) is 0 Å². The molecule has 0 saturated heterocycles. The summed E-state index contributed by atoms with van der Waals surface area (Å²) in [5.41, 5.74) is 0. The first-order valence-corrected chi connectivity index (χ1v) is 3.58. The normalized spacial score (nSPS) is 8.75. The number of nitrogens with one attached hydrogen (secondary N) is 1. The van der Waals surface area contributed by atoms with Crippen molar-refractivity contribution in [3.8, 4) is 0 Å². The molecule has 3 heteroatoms. The van der Waals surface area contributed by atoms with Crippen LogP contribution in [0.3, 0.4) is 0 Å². The molecule has 1 N–H and O–H groups in total. The van der Waals surface area contributed by atoms with E-state index < -0.39 is 0 Å². The van der Waals surface area contributed by atoms with Crippen molar-refractivity contribution in [3.63, 3.8) is 0 Å². The summed E-state index contributed by atoms with van der Waals surface area (Å²) in [5.74, 6) is 0.440. The van der Waals surface area contributed by atoms with Crippen LogP contribution < -0.4 is 5.32 Å². The van der Waals surface area contributed by atoms with E-state index in [1.807, 2.05) is 0 Å². The summed E-state index contributed by atoms with van der Waals surface area (Å²) in [6, 6.07) is 0. The predicted octanol–water partition coefficient (Wildman–Crippen LogP) is 1.55. The fraction of sp³-hybridized carbons (Fsp3) is 0.800. The van der Waals surface area contributed by atoms with Crippen molar-refractivity contribution in [1.29, 1.82) is 0 Å². The second kappa shape index (κ2) is 5.32. The maximum atomic E-state index is 5.38. The van der Waals surface area contributed by atoms with Gasteiger partial charge in [0.25, 0.3) is 0 Å². The first-order valence-electron chi connectivity index (χ1n) is 2.64. The van der Waals surface area contributed by atoms with E-state index in [1.165, 1.54) is 0 Å². The summed E-state index contributed by atoms with van der Waals surface area (Å²) < 4.78 is 0. The molecule has 1 nitrogen and oxygen atoms in total. The molecule has 0 aromatic carbocycles. The molecule has 0 aliphatic rings. The van der Waals surface area contributed by atoms with E-state index >= 15 is 0 Å². The molecule has 0 aliphatic carbocycles. The highest BCUT2D eigenvalue weighted by Gasteiger charge is 1.87. The molecule has 0 bridgehead atoms. The van der Waals surface area contributed by atoms with Crippen LogP contribution in [0.25, 0.3) is 0 Å². The Labute approximate surface area is 60.4 Å². The Morgan fingerprint density at radius 3 is 2.75 bits per heavy atom. The van der Waals surface area contributed by atoms with Gasteiger partial charge in [0.2, 0.25) is 0 Å². The molecule has 0 amide bonds. The average Bonchev–Trinajstić information content (AvgIpc) is 1.83. The summed E-state index contributed by atoms with van der Waals surface area (Å²) in [5, 5.41) is 2.98. The summed E-state index contributed by atoms with van der Waals surface area (Å²) in [7, 11) is 0. The minimum absolute atomic E-state index is 0.440. The van der Waals surface area contributed by atoms with Crippen LogP contribution in [0.5, 0.6) is 0 Å². The number of halogens is 1. The maximum absolute atomic E-state index is 5.38. The summed E-state index contributed by atoms with van der Waals surface area (Å²) in [4.78, 5) is 0.744. The van der Waals surface area contributed by atoms with Gasteiger partial charge in [-0.05, 0) is 6.42 Å². The van der Waals surface area contributed by atoms with Crippen molar-refractivity contribution in [1.82, 2.24) is 5.32 Å². The zero-order chi connectivity index (χ0) is 6.41. The van der Waals surface area contributed by atoms with Gasteiger partial charge in [0.15, 0.2) is 0 Å². The predicted molar refractivity (Wildman–Crippen MR) is 41.6 cm³/mol. The summed E-state index contributed by atoms with van der Waals surface area (Å²) in [6.45, 7) is 3.02. The minimum atomic E-state index is 0.440. The van der Waals surface area contributed by atoms with Gasteiger partial charge in [-0.25, -0.2) is 0 Å². The van der Waals surface area contributed by atoms with Crippen molar-refractivity contribution < 1.29 is 0 Å². The first kappa shape index (κ1) is 8.18. The Kier molecular flexibility index (Phi) is 5.44. The Morgan fingerprint density at radius 2 is 2.38 bits per heavy atom. The fourth-order valence-corrected chi connectivity index (χ4v) is 0.508. The standard InChI is InChI=1S/C5H10ClNS/c1-2-3-7-5(8)4-6/h2-4H2,1H3,(H,7,8). The van der Waals surface area contributed by atoms with Crippen LogP contribution in [0.2, 0.25) is 0 Å². The maximum Gasteiger partial charge on any atom is 0.0903 e. The van der Waals surface area contributed by atoms with Crippen molar-refractivity contribution in [2.75, 3.05) is 12.4 Å². The molecular weight excluding hydrogens is 142 g/mol. The van der Waals surface area contributed by atoms with Gasteiger partial charge in [0, 0.05) is 6.54 Å². The second-order valence-electron chi connectivity index (χ2n) is 1.48. The van der Waals surface area contributed by atoms with Crippen molar-refractivity contribution in [3.05, 3.63) is 0 Å². The number of alkyl halides is 1. The van der Waals surface area contributed by atoms with Crippen LogP contribution in [-0.2, 0) is 0 Å². The van der Waals surface area contributed by atoms with E-state index in [1.54, 1.807) is 0 Å². The van der Waals surface area contributed by atoms with Crippen molar-refractivity contribution in [2.45, 2.75) is 13.3 Å². The fourth-order valence-electron chi connectivity index (χ4n) is 0.312. The van der Waals surface area contributed by atoms with Crippen LogP contribution in [-0.4, -0.2) is 17.4 Å². The lowest BCUT2D eigenvalue weighted by Gasteiger charge is -1.99. The molecule has 0 atom stereocenters. The molecule has 0 heterocycles. The molecule has 0 unspecified atom stereocenters. The zero-order valence-corrected chi connectivity index (χ0v) is 6.48. The lowest BCUT2D eigenvalue weighted by molar-refractivity contribution is 0.846. The lowest BCUT2D eigenvalue weighted by atomic mass is 10.5. The number of hydrogen-bond acceptors (Lipinski definition) is 1. The van der Waals surface area contributed by atoms with Crippen molar-refractivity contribution >= 4 is 28.8 Å². The van der Waals surface area contributed by atoms with Crippen LogP contribution in [0.1, 0.15) is 13.3 Å². The van der Waals surface area contributed by atoms with E-state index in [0.717, 1.165) is 18.0 Å². The second-order valence-corrected chi connectivity index (χ2v) is 2.24. The van der Waals surface area contributed by atoms with Gasteiger partial charge in [-0.1, -0.05) is 19.1 Å². The number of hydrogen-bond donors (Lipinski definition) is 1. The summed E-state index contributed by atoms with van der Waals surface area (Å²) >= 11 is 10.2. The van der Waals surface area contributed by atoms with Crippen LogP contribution in [0, 0.1) is 0 Å². The Bertz CT molecular complexity index is 74.8. The number of thiocarbonyl (C=S) groups is 1. The zero-order valence-electron chi connectivity index (χ0n) is 4.91. The third-order valence-corrected chi connectivity index (χ3v) is 1.41. The average molecular weight is 152 g/mol. The van der Waals surface area contributed by atoms with Crippen LogP contribution >= 0.6 is 23.8 Å². The van der Waals surface area contributed by atoms with Crippen LogP contribution in [0.4, 0.5) is 0 Å². The Morgan fingerprint density at radius 1 is 1.75 bits per heavy atom. The van der Waals surface area contributed by atoms with Gasteiger partial charge in [-0.15, -0.1) is 11.6 Å². The number of rotatable bonds is 3. The third kappa shape index (κ3) is 4.34. The Hall–Kier alpha value is 0.180. The lowest BCUT2D eigenvalue weighted by Crippen LogP contribution is -2.22. The van der Waals surface area contributed by atoms with E-state index in [-0.39, 0.29) is 0 Å². The molecule has 0 aromatic rings. The first-order chi connectivity index (χ1) is 3.81. The van der Waals surface area contributed by atoms with Crippen LogP contribution in [0.15, 0.2) is 0 Å². The van der Waals surface area contributed by atoms with Crippen molar-refractivity contribution in [2.24, 2.45) is 0 Å².